The lowest BCUT2D eigenvalue weighted by molar-refractivity contribution is 0.0696. The Hall–Kier alpha value is -2.79. The number of sulfonamides is 1. The van der Waals surface area contributed by atoms with Gasteiger partial charge in [-0.15, -0.1) is 0 Å². The zero-order chi connectivity index (χ0) is 19.6. The lowest BCUT2D eigenvalue weighted by Crippen LogP contribution is -2.37. The molecule has 1 fully saturated rings. The van der Waals surface area contributed by atoms with Crippen LogP contribution in [0.2, 0.25) is 0 Å². The van der Waals surface area contributed by atoms with E-state index in [9.17, 15) is 27.1 Å². The van der Waals surface area contributed by atoms with E-state index >= 15 is 0 Å². The SMILES string of the molecule is O=C(O)c1cc(NS(=O)(=O)c2cc(F)ccc2F)cnc1N1CCOCC1. The van der Waals surface area contributed by atoms with Crippen LogP contribution in [-0.2, 0) is 14.8 Å². The number of ether oxygens (including phenoxy) is 1. The van der Waals surface area contributed by atoms with Crippen LogP contribution in [-0.4, -0.2) is 50.8 Å². The number of aromatic nitrogens is 1. The van der Waals surface area contributed by atoms with Gasteiger partial charge in [-0.05, 0) is 24.3 Å². The number of halogens is 2. The van der Waals surface area contributed by atoms with E-state index in [1.165, 1.54) is 0 Å². The Labute approximate surface area is 153 Å². The number of carboxylic acids is 1. The summed E-state index contributed by atoms with van der Waals surface area (Å²) >= 11 is 0. The topological polar surface area (TPSA) is 109 Å². The Morgan fingerprint density at radius 3 is 2.59 bits per heavy atom. The van der Waals surface area contributed by atoms with Gasteiger partial charge in [-0.25, -0.2) is 27.0 Å². The van der Waals surface area contributed by atoms with Crippen molar-refractivity contribution in [3.8, 4) is 0 Å². The molecule has 0 saturated carbocycles. The molecule has 27 heavy (non-hydrogen) atoms. The average Bonchev–Trinajstić information content (AvgIpc) is 2.64. The number of rotatable bonds is 5. The van der Waals surface area contributed by atoms with E-state index in [4.69, 9.17) is 4.74 Å². The zero-order valence-corrected chi connectivity index (χ0v) is 14.7. The van der Waals surface area contributed by atoms with Crippen LogP contribution in [0.5, 0.6) is 0 Å². The Bertz CT molecular complexity index is 978. The second-order valence-electron chi connectivity index (χ2n) is 5.68. The molecule has 0 spiro atoms. The normalized spacial score (nSPS) is 14.8. The summed E-state index contributed by atoms with van der Waals surface area (Å²) in [7, 11) is -4.48. The maximum Gasteiger partial charge on any atom is 0.339 e. The minimum atomic E-state index is -4.48. The number of pyridine rings is 1. The number of benzene rings is 1. The van der Waals surface area contributed by atoms with Gasteiger partial charge >= 0.3 is 5.97 Å². The maximum atomic E-state index is 13.8. The number of carbonyl (C=O) groups is 1. The van der Waals surface area contributed by atoms with Gasteiger partial charge in [0.15, 0.2) is 0 Å². The number of hydrogen-bond acceptors (Lipinski definition) is 6. The van der Waals surface area contributed by atoms with E-state index in [1.807, 2.05) is 4.72 Å². The highest BCUT2D eigenvalue weighted by Gasteiger charge is 2.24. The summed E-state index contributed by atoms with van der Waals surface area (Å²) in [5, 5.41) is 9.43. The van der Waals surface area contributed by atoms with Crippen molar-refractivity contribution in [2.45, 2.75) is 4.90 Å². The smallest absolute Gasteiger partial charge is 0.339 e. The van der Waals surface area contributed by atoms with Crippen LogP contribution in [0.15, 0.2) is 35.4 Å². The Morgan fingerprint density at radius 2 is 1.93 bits per heavy atom. The highest BCUT2D eigenvalue weighted by atomic mass is 32.2. The number of carboxylic acid groups (broad SMARTS) is 1. The molecule has 0 atom stereocenters. The largest absolute Gasteiger partial charge is 0.478 e. The van der Waals surface area contributed by atoms with Crippen molar-refractivity contribution in [2.75, 3.05) is 35.9 Å². The van der Waals surface area contributed by atoms with Gasteiger partial charge in [0.05, 0.1) is 25.1 Å². The van der Waals surface area contributed by atoms with E-state index in [2.05, 4.69) is 4.98 Å². The van der Waals surface area contributed by atoms with Gasteiger partial charge in [0.25, 0.3) is 10.0 Å². The standard InChI is InChI=1S/C16H15F2N3O5S/c17-10-1-2-13(18)14(7-10)27(24,25)20-11-8-12(16(22)23)15(19-9-11)21-3-5-26-6-4-21/h1-2,7-9,20H,3-6H2,(H,22,23). The van der Waals surface area contributed by atoms with Crippen LogP contribution < -0.4 is 9.62 Å². The summed E-state index contributed by atoms with van der Waals surface area (Å²) in [6.07, 6.45) is 1.12. The fraction of sp³-hybridized carbons (Fsp3) is 0.250. The highest BCUT2D eigenvalue weighted by molar-refractivity contribution is 7.92. The number of hydrogen-bond donors (Lipinski definition) is 2. The number of nitrogens with one attached hydrogen (secondary N) is 1. The lowest BCUT2D eigenvalue weighted by Gasteiger charge is -2.28. The fourth-order valence-electron chi connectivity index (χ4n) is 2.59. The van der Waals surface area contributed by atoms with E-state index in [-0.39, 0.29) is 17.1 Å². The van der Waals surface area contributed by atoms with Gasteiger partial charge in [-0.3, -0.25) is 4.72 Å². The van der Waals surface area contributed by atoms with Crippen molar-refractivity contribution in [3.05, 3.63) is 47.7 Å². The van der Waals surface area contributed by atoms with Crippen LogP contribution in [0.3, 0.4) is 0 Å². The van der Waals surface area contributed by atoms with Crippen molar-refractivity contribution in [3.63, 3.8) is 0 Å². The van der Waals surface area contributed by atoms with Crippen LogP contribution in [0.1, 0.15) is 10.4 Å². The van der Waals surface area contributed by atoms with Gasteiger partial charge in [0.1, 0.15) is 27.9 Å². The molecule has 2 N–H and O–H groups in total. The first kappa shape index (κ1) is 19.0. The van der Waals surface area contributed by atoms with Crippen molar-refractivity contribution >= 4 is 27.5 Å². The minimum Gasteiger partial charge on any atom is -0.478 e. The van der Waals surface area contributed by atoms with E-state index in [0.29, 0.717) is 38.4 Å². The first-order valence-electron chi connectivity index (χ1n) is 7.82. The molecule has 0 aliphatic carbocycles. The summed E-state index contributed by atoms with van der Waals surface area (Å²) in [6, 6.07) is 3.09. The van der Waals surface area contributed by atoms with Gasteiger partial charge in [0, 0.05) is 13.1 Å². The number of morpholine rings is 1. The lowest BCUT2D eigenvalue weighted by atomic mass is 10.2. The molecule has 1 aliphatic rings. The highest BCUT2D eigenvalue weighted by Crippen LogP contribution is 2.25. The van der Waals surface area contributed by atoms with Crippen molar-refractivity contribution in [2.24, 2.45) is 0 Å². The summed E-state index contributed by atoms with van der Waals surface area (Å²) < 4.78 is 58.9. The molecule has 1 aromatic heterocycles. The molecular formula is C16H15F2N3O5S. The van der Waals surface area contributed by atoms with Crippen LogP contribution in [0.4, 0.5) is 20.3 Å². The maximum absolute atomic E-state index is 13.8. The molecule has 8 nitrogen and oxygen atoms in total. The van der Waals surface area contributed by atoms with Crippen molar-refractivity contribution < 1.29 is 31.8 Å². The third kappa shape index (κ3) is 4.14. The van der Waals surface area contributed by atoms with E-state index in [0.717, 1.165) is 18.3 Å². The third-order valence-corrected chi connectivity index (χ3v) is 5.24. The van der Waals surface area contributed by atoms with Crippen molar-refractivity contribution in [1.82, 2.24) is 4.98 Å². The van der Waals surface area contributed by atoms with E-state index in [1.54, 1.807) is 4.90 Å². The first-order valence-corrected chi connectivity index (χ1v) is 9.30. The Balaban J connectivity index is 1.94. The second-order valence-corrected chi connectivity index (χ2v) is 7.33. The quantitative estimate of drug-likeness (QED) is 0.788. The molecule has 11 heteroatoms. The van der Waals surface area contributed by atoms with Gasteiger partial charge in [0.2, 0.25) is 0 Å². The number of aromatic carboxylic acids is 1. The molecule has 2 heterocycles. The fourth-order valence-corrected chi connectivity index (χ4v) is 3.72. The summed E-state index contributed by atoms with van der Waals surface area (Å²) in [6.45, 7) is 1.70. The van der Waals surface area contributed by atoms with Gasteiger partial charge in [-0.1, -0.05) is 0 Å². The summed E-state index contributed by atoms with van der Waals surface area (Å²) in [5.41, 5.74) is -0.412. The molecule has 0 amide bonds. The zero-order valence-electron chi connectivity index (χ0n) is 13.9. The Kier molecular flexibility index (Phi) is 5.24. The summed E-state index contributed by atoms with van der Waals surface area (Å²) in [5.74, 6) is -3.20. The number of nitrogens with zero attached hydrogens (tertiary/aromatic N) is 2. The van der Waals surface area contributed by atoms with E-state index < -0.39 is 32.5 Å². The molecule has 1 aliphatic heterocycles. The number of anilines is 2. The molecule has 0 bridgehead atoms. The molecule has 2 aromatic rings. The summed E-state index contributed by atoms with van der Waals surface area (Å²) in [4.78, 5) is 16.4. The third-order valence-electron chi connectivity index (χ3n) is 3.84. The van der Waals surface area contributed by atoms with Crippen LogP contribution in [0, 0.1) is 11.6 Å². The van der Waals surface area contributed by atoms with Crippen LogP contribution in [0.25, 0.3) is 0 Å². The average molecular weight is 399 g/mol. The first-order chi connectivity index (χ1) is 12.8. The molecule has 144 valence electrons. The molecular weight excluding hydrogens is 384 g/mol. The van der Waals surface area contributed by atoms with Crippen molar-refractivity contribution in [1.29, 1.82) is 0 Å². The van der Waals surface area contributed by atoms with Gasteiger partial charge in [-0.2, -0.15) is 0 Å². The van der Waals surface area contributed by atoms with Crippen LogP contribution >= 0.6 is 0 Å². The predicted molar refractivity (Wildman–Crippen MR) is 91.4 cm³/mol. The molecule has 0 radical (unpaired) electrons. The van der Waals surface area contributed by atoms with Gasteiger partial charge < -0.3 is 14.7 Å². The Morgan fingerprint density at radius 1 is 1.22 bits per heavy atom. The molecule has 1 aromatic carbocycles. The predicted octanol–water partition coefficient (Wildman–Crippen LogP) is 1.70. The molecule has 0 unspecified atom stereocenters. The minimum absolute atomic E-state index is 0.172. The molecule has 1 saturated heterocycles. The molecule has 3 rings (SSSR count). The second kappa shape index (κ2) is 7.45. The monoisotopic (exact) mass is 399 g/mol.